The Kier molecular flexibility index (Phi) is 2.15. The van der Waals surface area contributed by atoms with Crippen molar-refractivity contribution in [2.24, 2.45) is 15.4 Å². The molecular formula is C2H6N4. The third-order valence-electron chi connectivity index (χ3n) is 0.360. The van der Waals surface area contributed by atoms with Crippen LogP contribution in [-0.2, 0) is 0 Å². The standard InChI is InChI=1S/C2H3N3.H3N/c1-2-4-5-3-1;/h1H,2H2;1H3. The van der Waals surface area contributed by atoms with Gasteiger partial charge in [0.25, 0.3) is 0 Å². The summed E-state index contributed by atoms with van der Waals surface area (Å²) >= 11 is 0. The molecule has 0 aromatic rings. The second kappa shape index (κ2) is 2.47. The second-order valence-electron chi connectivity index (χ2n) is 0.711. The molecule has 1 aliphatic rings. The molecule has 4 nitrogen and oxygen atoms in total. The molecule has 0 spiro atoms. The van der Waals surface area contributed by atoms with Gasteiger partial charge in [-0.2, -0.15) is 5.11 Å². The Balaban J connectivity index is 0.000000250. The molecule has 1 heterocycles. The molecule has 1 aliphatic heterocycles. The highest BCUT2D eigenvalue weighted by atomic mass is 15.4. The molecule has 4 heteroatoms. The van der Waals surface area contributed by atoms with E-state index in [2.05, 4.69) is 15.4 Å². The van der Waals surface area contributed by atoms with Crippen LogP contribution in [0.15, 0.2) is 15.4 Å². The molecule has 0 fully saturated rings. The van der Waals surface area contributed by atoms with E-state index >= 15 is 0 Å². The van der Waals surface area contributed by atoms with Gasteiger partial charge in [0.1, 0.15) is 0 Å². The molecule has 0 bridgehead atoms. The molecule has 6 heavy (non-hydrogen) atoms. The largest absolute Gasteiger partial charge is 0.344 e. The van der Waals surface area contributed by atoms with E-state index in [4.69, 9.17) is 0 Å². The van der Waals surface area contributed by atoms with Gasteiger partial charge in [0.05, 0.1) is 12.8 Å². The van der Waals surface area contributed by atoms with E-state index in [0.717, 1.165) is 0 Å². The monoisotopic (exact) mass is 86.1 g/mol. The van der Waals surface area contributed by atoms with Crippen LogP contribution in [-0.4, -0.2) is 12.8 Å². The van der Waals surface area contributed by atoms with Crippen LogP contribution in [0.5, 0.6) is 0 Å². The summed E-state index contributed by atoms with van der Waals surface area (Å²) in [5.74, 6) is 0. The van der Waals surface area contributed by atoms with Gasteiger partial charge in [-0.1, -0.05) is 0 Å². The summed E-state index contributed by atoms with van der Waals surface area (Å²) < 4.78 is 0. The van der Waals surface area contributed by atoms with E-state index in [0.29, 0.717) is 6.54 Å². The third kappa shape index (κ3) is 0.898. The highest BCUT2D eigenvalue weighted by Crippen LogP contribution is 1.80. The van der Waals surface area contributed by atoms with Crippen LogP contribution in [0.4, 0.5) is 0 Å². The van der Waals surface area contributed by atoms with E-state index in [1.165, 1.54) is 0 Å². The molecule has 1 rings (SSSR count). The van der Waals surface area contributed by atoms with Crippen molar-refractivity contribution in [3.8, 4) is 0 Å². The van der Waals surface area contributed by atoms with Crippen molar-refractivity contribution in [2.45, 2.75) is 0 Å². The summed E-state index contributed by atoms with van der Waals surface area (Å²) in [5.41, 5.74) is 0. The van der Waals surface area contributed by atoms with Crippen LogP contribution in [0.1, 0.15) is 0 Å². The fraction of sp³-hybridized carbons (Fsp3) is 0.500. The SMILES string of the molecule is C1=NN=NC1.N. The van der Waals surface area contributed by atoms with Crippen LogP contribution in [0.25, 0.3) is 0 Å². The third-order valence-corrected chi connectivity index (χ3v) is 0.360. The predicted octanol–water partition coefficient (Wildman–Crippen LogP) is 0.600. The molecule has 0 aromatic carbocycles. The predicted molar refractivity (Wildman–Crippen MR) is 23.2 cm³/mol. The zero-order valence-corrected chi connectivity index (χ0v) is 3.33. The normalized spacial score (nSPS) is 14.7. The Morgan fingerprint density at radius 1 is 1.50 bits per heavy atom. The quantitative estimate of drug-likeness (QED) is 0.460. The van der Waals surface area contributed by atoms with Crippen molar-refractivity contribution in [3.63, 3.8) is 0 Å². The maximum Gasteiger partial charge on any atom is 0.0992 e. The van der Waals surface area contributed by atoms with Crippen LogP contribution in [0.3, 0.4) is 0 Å². The molecule has 0 unspecified atom stereocenters. The molecule has 0 saturated heterocycles. The topological polar surface area (TPSA) is 72.1 Å². The fourth-order valence-corrected chi connectivity index (χ4v) is 0.183. The van der Waals surface area contributed by atoms with Crippen molar-refractivity contribution in [3.05, 3.63) is 0 Å². The summed E-state index contributed by atoms with van der Waals surface area (Å²) in [6.07, 6.45) is 1.65. The first-order valence-corrected chi connectivity index (χ1v) is 1.38. The van der Waals surface area contributed by atoms with Gasteiger partial charge in [-0.05, 0) is 5.22 Å². The van der Waals surface area contributed by atoms with Crippen molar-refractivity contribution >= 4 is 6.21 Å². The first-order chi connectivity index (χ1) is 2.50. The van der Waals surface area contributed by atoms with Gasteiger partial charge in [0.15, 0.2) is 0 Å². The van der Waals surface area contributed by atoms with Gasteiger partial charge in [-0.3, -0.25) is 0 Å². The summed E-state index contributed by atoms with van der Waals surface area (Å²) in [5, 5.41) is 10.2. The van der Waals surface area contributed by atoms with E-state index in [1.807, 2.05) is 0 Å². The van der Waals surface area contributed by atoms with Crippen molar-refractivity contribution in [1.29, 1.82) is 0 Å². The lowest BCUT2D eigenvalue weighted by Gasteiger charge is -1.52. The average molecular weight is 86.1 g/mol. The molecule has 0 saturated carbocycles. The zero-order valence-electron chi connectivity index (χ0n) is 3.33. The maximum atomic E-state index is 3.49. The highest BCUT2D eigenvalue weighted by Gasteiger charge is 1.75. The minimum absolute atomic E-state index is 0. The van der Waals surface area contributed by atoms with E-state index in [-0.39, 0.29) is 6.15 Å². The summed E-state index contributed by atoms with van der Waals surface area (Å²) in [4.78, 5) is 0. The second-order valence-corrected chi connectivity index (χ2v) is 0.711. The molecule has 0 aromatic heterocycles. The van der Waals surface area contributed by atoms with Gasteiger partial charge in [0, 0.05) is 0 Å². The van der Waals surface area contributed by atoms with Gasteiger partial charge < -0.3 is 6.15 Å². The number of hydrogen-bond donors (Lipinski definition) is 1. The van der Waals surface area contributed by atoms with Crippen molar-refractivity contribution in [1.82, 2.24) is 6.15 Å². The Morgan fingerprint density at radius 2 is 2.33 bits per heavy atom. The Hall–Kier alpha value is -0.770. The maximum absolute atomic E-state index is 3.49. The fourth-order valence-electron chi connectivity index (χ4n) is 0.183. The zero-order chi connectivity index (χ0) is 3.54. The highest BCUT2D eigenvalue weighted by molar-refractivity contribution is 5.60. The lowest BCUT2D eigenvalue weighted by Crippen LogP contribution is -1.65. The van der Waals surface area contributed by atoms with Crippen LogP contribution < -0.4 is 6.15 Å². The average Bonchev–Trinajstić information content (AvgIpc) is 1.76. The lowest BCUT2D eigenvalue weighted by molar-refractivity contribution is 1.06. The molecule has 0 atom stereocenters. The van der Waals surface area contributed by atoms with Crippen molar-refractivity contribution < 1.29 is 0 Å². The van der Waals surface area contributed by atoms with E-state index < -0.39 is 0 Å². The smallest absolute Gasteiger partial charge is 0.0992 e. The Morgan fingerprint density at radius 3 is 2.50 bits per heavy atom. The first kappa shape index (κ1) is 5.23. The molecule has 3 N–H and O–H groups in total. The van der Waals surface area contributed by atoms with Crippen LogP contribution in [0, 0.1) is 0 Å². The minimum Gasteiger partial charge on any atom is -0.344 e. The number of hydrogen-bond acceptors (Lipinski definition) is 4. The first-order valence-electron chi connectivity index (χ1n) is 1.38. The van der Waals surface area contributed by atoms with E-state index in [9.17, 15) is 0 Å². The van der Waals surface area contributed by atoms with Gasteiger partial charge in [0.2, 0.25) is 0 Å². The Labute approximate surface area is 35.5 Å². The molecule has 34 valence electrons. The van der Waals surface area contributed by atoms with Crippen molar-refractivity contribution in [2.75, 3.05) is 6.54 Å². The van der Waals surface area contributed by atoms with Gasteiger partial charge >= 0.3 is 0 Å². The molecular weight excluding hydrogens is 80.0 g/mol. The van der Waals surface area contributed by atoms with Gasteiger partial charge in [-0.25, -0.2) is 0 Å². The summed E-state index contributed by atoms with van der Waals surface area (Å²) in [6, 6.07) is 0. The summed E-state index contributed by atoms with van der Waals surface area (Å²) in [7, 11) is 0. The number of nitrogens with zero attached hydrogens (tertiary/aromatic N) is 3. The summed E-state index contributed by atoms with van der Waals surface area (Å²) in [6.45, 7) is 0.667. The van der Waals surface area contributed by atoms with Gasteiger partial charge in [-0.15, -0.1) is 5.10 Å². The van der Waals surface area contributed by atoms with Crippen LogP contribution >= 0.6 is 0 Å². The Bertz CT molecular complexity index is 63.6. The lowest BCUT2D eigenvalue weighted by atomic mass is 10.8. The van der Waals surface area contributed by atoms with E-state index in [1.54, 1.807) is 6.21 Å². The minimum atomic E-state index is 0. The molecule has 0 radical (unpaired) electrons. The molecule has 0 amide bonds. The van der Waals surface area contributed by atoms with Crippen LogP contribution in [0.2, 0.25) is 0 Å². The molecule has 0 aliphatic carbocycles. The number of rotatable bonds is 0.